The molecule has 4 rings (SSSR count). The minimum atomic E-state index is -0.555. The molecular weight excluding hydrogens is 369 g/mol. The van der Waals surface area contributed by atoms with Crippen LogP contribution < -0.4 is 5.32 Å². The third-order valence-corrected chi connectivity index (χ3v) is 5.42. The van der Waals surface area contributed by atoms with Crippen LogP contribution in [-0.4, -0.2) is 33.4 Å². The number of carbonyl (C=O) groups excluding carboxylic acids is 1. The number of rotatable bonds is 5. The summed E-state index contributed by atoms with van der Waals surface area (Å²) in [6.07, 6.45) is 8.26. The molecule has 0 bridgehead atoms. The van der Waals surface area contributed by atoms with Crippen molar-refractivity contribution in [3.63, 3.8) is 0 Å². The van der Waals surface area contributed by atoms with Crippen LogP contribution >= 0.6 is 0 Å². The number of nitriles is 1. The van der Waals surface area contributed by atoms with Crippen LogP contribution in [0.25, 0.3) is 5.82 Å². The minimum absolute atomic E-state index is 0.271. The van der Waals surface area contributed by atoms with Gasteiger partial charge in [0.25, 0.3) is 0 Å². The van der Waals surface area contributed by atoms with E-state index in [0.717, 1.165) is 13.1 Å². The second-order valence-corrected chi connectivity index (χ2v) is 7.29. The lowest BCUT2D eigenvalue weighted by atomic mass is 9.74. The fraction of sp³-hybridized carbons (Fsp3) is 0.273. The molecule has 2 aromatic heterocycles. The van der Waals surface area contributed by atoms with Gasteiger partial charge in [-0.3, -0.25) is 9.36 Å². The smallest absolute Gasteiger partial charge is 0.197 e. The van der Waals surface area contributed by atoms with Crippen LogP contribution in [0.2, 0.25) is 0 Å². The van der Waals surface area contributed by atoms with E-state index in [1.807, 2.05) is 0 Å². The number of carbonyl (C=O) groups is 1. The molecular formula is C22H20FN5O. The van der Waals surface area contributed by atoms with Gasteiger partial charge in [0.1, 0.15) is 18.0 Å². The number of hydrogen-bond donors (Lipinski definition) is 1. The number of aromatic nitrogens is 3. The van der Waals surface area contributed by atoms with Crippen LogP contribution in [0.5, 0.6) is 0 Å². The third kappa shape index (κ3) is 3.80. The van der Waals surface area contributed by atoms with Crippen molar-refractivity contribution < 1.29 is 9.18 Å². The fourth-order valence-electron chi connectivity index (χ4n) is 3.82. The quantitative estimate of drug-likeness (QED) is 0.678. The van der Waals surface area contributed by atoms with Crippen LogP contribution in [-0.2, 0) is 6.42 Å². The number of benzene rings is 1. The van der Waals surface area contributed by atoms with E-state index in [4.69, 9.17) is 0 Å². The average molecular weight is 389 g/mol. The molecule has 0 aliphatic carbocycles. The molecule has 29 heavy (non-hydrogen) atoms. The van der Waals surface area contributed by atoms with Crippen molar-refractivity contribution in [3.05, 3.63) is 77.8 Å². The second kappa shape index (κ2) is 7.94. The molecule has 1 aromatic carbocycles. The summed E-state index contributed by atoms with van der Waals surface area (Å²) in [6.45, 7) is 1.51. The lowest BCUT2D eigenvalue weighted by Gasteiger charge is -2.31. The Hall–Kier alpha value is -3.37. The molecule has 0 amide bonds. The lowest BCUT2D eigenvalue weighted by Crippen LogP contribution is -2.37. The van der Waals surface area contributed by atoms with Gasteiger partial charge in [-0.1, -0.05) is 6.07 Å². The van der Waals surface area contributed by atoms with Gasteiger partial charge in [0, 0.05) is 24.2 Å². The van der Waals surface area contributed by atoms with Gasteiger partial charge >= 0.3 is 0 Å². The molecule has 3 heterocycles. The van der Waals surface area contributed by atoms with E-state index in [0.29, 0.717) is 36.2 Å². The molecule has 0 saturated carbocycles. The molecule has 146 valence electrons. The Morgan fingerprint density at radius 1 is 1.24 bits per heavy atom. The molecule has 6 nitrogen and oxygen atoms in total. The van der Waals surface area contributed by atoms with Gasteiger partial charge in [-0.25, -0.2) is 14.4 Å². The Balaban J connectivity index is 1.76. The normalized spacial score (nSPS) is 15.6. The number of hydrogen-bond acceptors (Lipinski definition) is 5. The summed E-state index contributed by atoms with van der Waals surface area (Å²) in [7, 11) is 0. The number of nitrogens with one attached hydrogen (secondary N) is 1. The summed E-state index contributed by atoms with van der Waals surface area (Å²) in [5.74, 6) is -0.373. The molecule has 1 aliphatic rings. The van der Waals surface area contributed by atoms with Crippen molar-refractivity contribution in [2.45, 2.75) is 19.3 Å². The SMILES string of the molecule is N#CC1(Cc2ccc(F)cc2C(=O)c2cccnc2-n2ccnc2)CCNCC1. The topological polar surface area (TPSA) is 83.6 Å². The summed E-state index contributed by atoms with van der Waals surface area (Å²) >= 11 is 0. The summed E-state index contributed by atoms with van der Waals surface area (Å²) in [5.41, 5.74) is 0.752. The average Bonchev–Trinajstić information content (AvgIpc) is 3.30. The second-order valence-electron chi connectivity index (χ2n) is 7.29. The van der Waals surface area contributed by atoms with Gasteiger partial charge < -0.3 is 5.32 Å². The predicted octanol–water partition coefficient (Wildman–Crippen LogP) is 3.07. The van der Waals surface area contributed by atoms with Crippen LogP contribution in [0.1, 0.15) is 34.3 Å². The molecule has 0 atom stereocenters. The van der Waals surface area contributed by atoms with E-state index in [-0.39, 0.29) is 11.3 Å². The van der Waals surface area contributed by atoms with E-state index in [1.165, 1.54) is 12.1 Å². The Labute approximate surface area is 168 Å². The summed E-state index contributed by atoms with van der Waals surface area (Å²) < 4.78 is 15.7. The van der Waals surface area contributed by atoms with Crippen LogP contribution in [0.3, 0.4) is 0 Å². The van der Waals surface area contributed by atoms with E-state index >= 15 is 0 Å². The Morgan fingerprint density at radius 3 is 2.79 bits per heavy atom. The molecule has 3 aromatic rings. The minimum Gasteiger partial charge on any atom is -0.317 e. The van der Waals surface area contributed by atoms with Gasteiger partial charge in [-0.15, -0.1) is 0 Å². The number of pyridine rings is 1. The molecule has 7 heteroatoms. The largest absolute Gasteiger partial charge is 0.317 e. The number of nitrogens with zero attached hydrogens (tertiary/aromatic N) is 4. The first-order valence-electron chi connectivity index (χ1n) is 9.50. The molecule has 1 N–H and O–H groups in total. The highest BCUT2D eigenvalue weighted by molar-refractivity contribution is 6.11. The standard InChI is InChI=1S/C22H20FN5O/c23-17-4-3-16(13-22(14-24)5-8-25-9-6-22)19(12-17)20(29)18-2-1-7-27-21(18)28-11-10-26-15-28/h1-4,7,10-12,15,25H,5-6,8-9,13H2. The van der Waals surface area contributed by atoms with E-state index in [1.54, 1.807) is 47.7 Å². The van der Waals surface area contributed by atoms with E-state index in [2.05, 4.69) is 21.4 Å². The zero-order chi connectivity index (χ0) is 20.3. The van der Waals surface area contributed by atoms with E-state index < -0.39 is 11.2 Å². The molecule has 1 aliphatic heterocycles. The highest BCUT2D eigenvalue weighted by Gasteiger charge is 2.34. The number of piperidine rings is 1. The van der Waals surface area contributed by atoms with Crippen molar-refractivity contribution in [1.82, 2.24) is 19.9 Å². The van der Waals surface area contributed by atoms with Crippen LogP contribution in [0.4, 0.5) is 4.39 Å². The maximum Gasteiger partial charge on any atom is 0.197 e. The van der Waals surface area contributed by atoms with Crippen molar-refractivity contribution in [1.29, 1.82) is 5.26 Å². The Kier molecular flexibility index (Phi) is 5.19. The molecule has 0 spiro atoms. The first-order valence-corrected chi connectivity index (χ1v) is 9.50. The Bertz CT molecular complexity index is 1070. The maximum absolute atomic E-state index is 14.1. The lowest BCUT2D eigenvalue weighted by molar-refractivity contribution is 0.103. The first kappa shape index (κ1) is 19.0. The van der Waals surface area contributed by atoms with Gasteiger partial charge in [0.2, 0.25) is 0 Å². The zero-order valence-electron chi connectivity index (χ0n) is 15.8. The monoisotopic (exact) mass is 389 g/mol. The molecule has 0 radical (unpaired) electrons. The number of imidazole rings is 1. The van der Waals surface area contributed by atoms with Gasteiger partial charge in [-0.05, 0) is 62.2 Å². The van der Waals surface area contributed by atoms with Crippen molar-refractivity contribution in [3.8, 4) is 11.9 Å². The van der Waals surface area contributed by atoms with Crippen molar-refractivity contribution in [2.24, 2.45) is 5.41 Å². The summed E-state index contributed by atoms with van der Waals surface area (Å²) in [5, 5.41) is 13.1. The summed E-state index contributed by atoms with van der Waals surface area (Å²) in [6, 6.07) is 10.0. The van der Waals surface area contributed by atoms with Crippen molar-refractivity contribution >= 4 is 5.78 Å². The van der Waals surface area contributed by atoms with Gasteiger partial charge in [-0.2, -0.15) is 5.26 Å². The number of halogens is 1. The van der Waals surface area contributed by atoms with Crippen LogP contribution in [0, 0.1) is 22.6 Å². The van der Waals surface area contributed by atoms with Gasteiger partial charge in [0.15, 0.2) is 5.78 Å². The predicted molar refractivity (Wildman–Crippen MR) is 105 cm³/mol. The molecule has 0 unspecified atom stereocenters. The summed E-state index contributed by atoms with van der Waals surface area (Å²) in [4.78, 5) is 21.8. The maximum atomic E-state index is 14.1. The van der Waals surface area contributed by atoms with Crippen LogP contribution in [0.15, 0.2) is 55.2 Å². The third-order valence-electron chi connectivity index (χ3n) is 5.42. The van der Waals surface area contributed by atoms with Crippen molar-refractivity contribution in [2.75, 3.05) is 13.1 Å². The zero-order valence-corrected chi connectivity index (χ0v) is 15.8. The molecule has 1 saturated heterocycles. The fourth-order valence-corrected chi connectivity index (χ4v) is 3.82. The highest BCUT2D eigenvalue weighted by Crippen LogP contribution is 2.34. The van der Waals surface area contributed by atoms with E-state index in [9.17, 15) is 14.4 Å². The Morgan fingerprint density at radius 2 is 2.07 bits per heavy atom. The van der Waals surface area contributed by atoms with Gasteiger partial charge in [0.05, 0.1) is 17.0 Å². The highest BCUT2D eigenvalue weighted by atomic mass is 19.1. The number of ketones is 1. The molecule has 1 fully saturated rings. The first-order chi connectivity index (χ1) is 14.1.